The van der Waals surface area contributed by atoms with E-state index in [2.05, 4.69) is 21.7 Å². The number of benzene rings is 1. The van der Waals surface area contributed by atoms with Gasteiger partial charge in [0.2, 0.25) is 0 Å². The largest absolute Gasteiger partial charge is 0.461 e. The minimum Gasteiger partial charge on any atom is -0.461 e. The van der Waals surface area contributed by atoms with Gasteiger partial charge in [-0.3, -0.25) is 19.7 Å². The number of aromatic nitrogens is 2. The van der Waals surface area contributed by atoms with Crippen molar-refractivity contribution in [2.75, 3.05) is 65.4 Å². The summed E-state index contributed by atoms with van der Waals surface area (Å²) in [5, 5.41) is 10.8. The lowest BCUT2D eigenvalue weighted by atomic mass is 9.80. The molecule has 5 aliphatic rings. The van der Waals surface area contributed by atoms with Crippen LogP contribution in [0.15, 0.2) is 33.9 Å². The maximum Gasteiger partial charge on any atom is 0.318 e. The molecule has 1 spiro atoms. The third-order valence-electron chi connectivity index (χ3n) is 11.0. The van der Waals surface area contributed by atoms with Gasteiger partial charge in [-0.15, -0.1) is 0 Å². The number of aliphatic hydroxyl groups is 1. The van der Waals surface area contributed by atoms with Crippen LogP contribution in [-0.4, -0.2) is 114 Å². The Morgan fingerprint density at radius 3 is 2.85 bits per heavy atom. The van der Waals surface area contributed by atoms with Crippen molar-refractivity contribution >= 4 is 23.1 Å². The molecule has 0 saturated carbocycles. The maximum absolute atomic E-state index is 15.5. The highest BCUT2D eigenvalue weighted by atomic mass is 35.5. The Hall–Kier alpha value is -2.90. The quantitative estimate of drug-likeness (QED) is 0.429. The second kappa shape index (κ2) is 12.5. The lowest BCUT2D eigenvalue weighted by Crippen LogP contribution is -2.48. The van der Waals surface area contributed by atoms with Crippen LogP contribution >= 0.6 is 11.6 Å². The Labute approximate surface area is 280 Å². The van der Waals surface area contributed by atoms with Crippen LogP contribution in [0.2, 0.25) is 0 Å². The zero-order valence-electron chi connectivity index (χ0n) is 27.5. The minimum atomic E-state index is -1.05. The number of fused-ring (bicyclic) bond motifs is 4. The number of ether oxygens (including phenoxy) is 1. The molecule has 0 amide bonds. The molecule has 47 heavy (non-hydrogen) atoms. The van der Waals surface area contributed by atoms with E-state index in [0.29, 0.717) is 57.9 Å². The van der Waals surface area contributed by atoms with Gasteiger partial charge in [-0.25, -0.2) is 8.78 Å². The normalized spacial score (nSPS) is 29.0. The standard InChI is InChI=1S/C34H45ClF2N8O2/c1-42(2)31(46)29(38)28(35)26-19-44(13-6-12-39-26)30-23-18-43(3)34(11-9-21-7-4-8-24(37)27(21)34)16-25(23)40-32(41-30)47-20-33-10-5-14-45(33)17-22(36)15-33/h4,7-8,22,31,46H,5-6,9-20,38H2,1-3H3/t22-,31?,33+,34+/m1/s1. The Bertz CT molecular complexity index is 1610. The van der Waals surface area contributed by atoms with Crippen molar-refractivity contribution in [3.05, 3.63) is 57.1 Å². The van der Waals surface area contributed by atoms with Gasteiger partial charge in [-0.2, -0.15) is 9.97 Å². The van der Waals surface area contributed by atoms with E-state index < -0.39 is 17.9 Å². The summed E-state index contributed by atoms with van der Waals surface area (Å²) in [6.07, 6.45) is 3.29. The SMILES string of the molecule is CN(C)C(O)C(N)=C(Cl)C1=NCCCN(c2nc(OC[C@@]34CCCN3C[C@H](F)C4)nc3c2CN(C)[C@@]2(CCc4cccc(F)c42)C3)C1. The summed E-state index contributed by atoms with van der Waals surface area (Å²) in [7, 11) is 5.50. The topological polar surface area (TPSA) is 107 Å². The number of nitrogens with two attached hydrogens (primary N) is 1. The Kier molecular flexibility index (Phi) is 8.70. The lowest BCUT2D eigenvalue weighted by Gasteiger charge is -2.44. The first-order valence-corrected chi connectivity index (χ1v) is 17.1. The van der Waals surface area contributed by atoms with Gasteiger partial charge in [-0.1, -0.05) is 23.7 Å². The average molecular weight is 671 g/mol. The number of aliphatic hydroxyl groups excluding tert-OH is 1. The zero-order valence-corrected chi connectivity index (χ0v) is 28.2. The van der Waals surface area contributed by atoms with Crippen LogP contribution in [0.5, 0.6) is 6.01 Å². The molecule has 7 rings (SSSR count). The molecule has 0 bridgehead atoms. The van der Waals surface area contributed by atoms with Crippen LogP contribution in [0.4, 0.5) is 14.6 Å². The number of aryl methyl sites for hydroxylation is 1. The molecule has 3 N–H and O–H groups in total. The van der Waals surface area contributed by atoms with E-state index in [0.717, 1.165) is 66.9 Å². The van der Waals surface area contributed by atoms with Gasteiger partial charge in [0.15, 0.2) is 0 Å². The number of rotatable bonds is 7. The van der Waals surface area contributed by atoms with Crippen molar-refractivity contribution in [3.8, 4) is 6.01 Å². The molecule has 2 fully saturated rings. The van der Waals surface area contributed by atoms with Crippen LogP contribution in [-0.2, 0) is 24.9 Å². The second-order valence-electron chi connectivity index (χ2n) is 14.2. The van der Waals surface area contributed by atoms with Crippen molar-refractivity contribution in [1.82, 2.24) is 24.7 Å². The van der Waals surface area contributed by atoms with Crippen molar-refractivity contribution in [2.24, 2.45) is 10.7 Å². The predicted molar refractivity (Wildman–Crippen MR) is 178 cm³/mol. The van der Waals surface area contributed by atoms with Crippen LogP contribution in [0.3, 0.4) is 0 Å². The maximum atomic E-state index is 15.5. The molecule has 4 aliphatic heterocycles. The molecular formula is C34H45ClF2N8O2. The van der Waals surface area contributed by atoms with Crippen LogP contribution < -0.4 is 15.4 Å². The van der Waals surface area contributed by atoms with Gasteiger partial charge < -0.3 is 20.5 Å². The molecule has 1 aromatic carbocycles. The molecule has 13 heteroatoms. The molecule has 2 aromatic rings. The van der Waals surface area contributed by atoms with Gasteiger partial charge in [0, 0.05) is 50.1 Å². The lowest BCUT2D eigenvalue weighted by molar-refractivity contribution is 0.0715. The number of anilines is 1. The van der Waals surface area contributed by atoms with E-state index in [1.54, 1.807) is 31.1 Å². The number of aliphatic imine (C=N–C) groups is 1. The molecule has 254 valence electrons. The highest BCUT2D eigenvalue weighted by Crippen LogP contribution is 2.49. The molecule has 10 nitrogen and oxygen atoms in total. The highest BCUT2D eigenvalue weighted by molar-refractivity contribution is 6.44. The minimum absolute atomic E-state index is 0.137. The molecule has 1 unspecified atom stereocenters. The van der Waals surface area contributed by atoms with Crippen molar-refractivity contribution in [1.29, 1.82) is 0 Å². The third-order valence-corrected chi connectivity index (χ3v) is 11.5. The first-order chi connectivity index (χ1) is 22.5. The fourth-order valence-electron chi connectivity index (χ4n) is 8.56. The van der Waals surface area contributed by atoms with Gasteiger partial charge in [0.05, 0.1) is 39.8 Å². The van der Waals surface area contributed by atoms with E-state index in [1.165, 1.54) is 0 Å². The molecule has 0 radical (unpaired) electrons. The molecule has 1 aliphatic carbocycles. The summed E-state index contributed by atoms with van der Waals surface area (Å²) < 4.78 is 36.5. The van der Waals surface area contributed by atoms with Crippen LogP contribution in [0.25, 0.3) is 0 Å². The number of halogens is 3. The highest BCUT2D eigenvalue weighted by Gasteiger charge is 2.50. The summed E-state index contributed by atoms with van der Waals surface area (Å²) in [5.41, 5.74) is 9.72. The summed E-state index contributed by atoms with van der Waals surface area (Å²) in [4.78, 5) is 23.0. The Balaban J connectivity index is 1.27. The first-order valence-electron chi connectivity index (χ1n) is 16.7. The van der Waals surface area contributed by atoms with Crippen molar-refractivity contribution in [3.63, 3.8) is 0 Å². The van der Waals surface area contributed by atoms with Gasteiger partial charge in [0.25, 0.3) is 0 Å². The molecule has 1 aromatic heterocycles. The fourth-order valence-corrected chi connectivity index (χ4v) is 8.78. The van der Waals surface area contributed by atoms with Gasteiger partial charge in [0.1, 0.15) is 30.6 Å². The van der Waals surface area contributed by atoms with Crippen molar-refractivity contribution in [2.45, 2.75) is 75.0 Å². The number of nitrogens with zero attached hydrogens (tertiary/aromatic N) is 7. The van der Waals surface area contributed by atoms with E-state index in [-0.39, 0.29) is 28.1 Å². The molecular weight excluding hydrogens is 626 g/mol. The summed E-state index contributed by atoms with van der Waals surface area (Å²) in [6, 6.07) is 5.61. The second-order valence-corrected chi connectivity index (χ2v) is 14.5. The monoisotopic (exact) mass is 670 g/mol. The summed E-state index contributed by atoms with van der Waals surface area (Å²) in [5.74, 6) is 0.538. The zero-order chi connectivity index (χ0) is 33.1. The Morgan fingerprint density at radius 1 is 1.21 bits per heavy atom. The Morgan fingerprint density at radius 2 is 2.04 bits per heavy atom. The van der Waals surface area contributed by atoms with Crippen LogP contribution in [0, 0.1) is 5.82 Å². The number of hydrogen-bond acceptors (Lipinski definition) is 10. The average Bonchev–Trinajstić information content (AvgIpc) is 3.63. The number of likely N-dealkylation sites (N-methyl/N-ethyl adjacent to an activating group) is 2. The van der Waals surface area contributed by atoms with E-state index in [9.17, 15) is 9.50 Å². The van der Waals surface area contributed by atoms with Gasteiger partial charge in [-0.05, 0) is 71.4 Å². The fraction of sp³-hybridized carbons (Fsp3) is 0.618. The summed E-state index contributed by atoms with van der Waals surface area (Å²) >= 11 is 6.78. The van der Waals surface area contributed by atoms with Crippen LogP contribution in [0.1, 0.15) is 54.5 Å². The van der Waals surface area contributed by atoms with E-state index >= 15 is 4.39 Å². The smallest absolute Gasteiger partial charge is 0.318 e. The molecule has 2 saturated heterocycles. The summed E-state index contributed by atoms with van der Waals surface area (Å²) in [6.45, 7) is 3.68. The predicted octanol–water partition coefficient (Wildman–Crippen LogP) is 3.34. The first kappa shape index (κ1) is 32.6. The van der Waals surface area contributed by atoms with E-state index in [4.69, 9.17) is 37.0 Å². The molecule has 5 heterocycles. The third kappa shape index (κ3) is 5.69. The van der Waals surface area contributed by atoms with Crippen molar-refractivity contribution < 1.29 is 18.6 Å². The number of hydrogen-bond donors (Lipinski definition) is 2. The molecule has 4 atom stereocenters. The van der Waals surface area contributed by atoms with E-state index in [1.807, 2.05) is 6.07 Å². The number of alkyl halides is 1. The van der Waals surface area contributed by atoms with Gasteiger partial charge >= 0.3 is 6.01 Å².